The van der Waals surface area contributed by atoms with Gasteiger partial charge in [-0.3, -0.25) is 4.79 Å². The van der Waals surface area contributed by atoms with Crippen LogP contribution in [-0.2, 0) is 4.79 Å². The van der Waals surface area contributed by atoms with Crippen molar-refractivity contribution in [2.45, 2.75) is 6.04 Å². The second kappa shape index (κ2) is 2.54. The molecule has 0 radical (unpaired) electrons. The molecule has 0 aromatic heterocycles. The highest BCUT2D eigenvalue weighted by atomic mass is 16.4. The fourth-order valence-electron chi connectivity index (χ4n) is 0.0781. The molecule has 0 heterocycles. The van der Waals surface area contributed by atoms with E-state index in [1.165, 1.54) is 0 Å². The van der Waals surface area contributed by atoms with Crippen LogP contribution in [0.5, 0.6) is 0 Å². The number of aliphatic hydroxyl groups is 1. The molecular weight excluding hydrogens is 99.0 g/mol. The lowest BCUT2D eigenvalue weighted by Crippen LogP contribution is -2.33. The minimum Gasteiger partial charge on any atom is -0.480 e. The van der Waals surface area contributed by atoms with Crippen LogP contribution in [-0.4, -0.2) is 28.8 Å². The summed E-state index contributed by atoms with van der Waals surface area (Å²) in [5.74, 6) is -1.18. The maximum Gasteiger partial charge on any atom is 0.322 e. The van der Waals surface area contributed by atoms with E-state index in [2.05, 4.69) is 0 Å². The quantitative estimate of drug-likeness (QED) is 0.370. The molecule has 0 saturated carbocycles. The first-order valence-electron chi connectivity index (χ1n) is 1.77. The van der Waals surface area contributed by atoms with Gasteiger partial charge in [-0.2, -0.15) is 0 Å². The summed E-state index contributed by atoms with van der Waals surface area (Å²) in [5, 5.41) is 15.9. The zero-order chi connectivity index (χ0) is 5.86. The Balaban J connectivity index is 3.34. The minimum absolute atomic E-state index is 0.505. The third-order valence-corrected chi connectivity index (χ3v) is 0.514. The molecule has 0 aliphatic heterocycles. The highest BCUT2D eigenvalue weighted by Crippen LogP contribution is 1.71. The van der Waals surface area contributed by atoms with Crippen LogP contribution in [0.3, 0.4) is 0 Å². The monoisotopic (exact) mass is 106 g/mol. The molecule has 7 heavy (non-hydrogen) atoms. The zero-order valence-corrected chi connectivity index (χ0v) is 3.66. The SMILES string of the molecule is [15NH2]C(CO)C(=O)O. The lowest BCUT2D eigenvalue weighted by atomic mass is 10.4. The predicted molar refractivity (Wildman–Crippen MR) is 22.7 cm³/mol. The normalized spacial score (nSPS) is 13.4. The number of carboxylic acids is 1. The van der Waals surface area contributed by atoms with E-state index < -0.39 is 18.6 Å². The summed E-state index contributed by atoms with van der Waals surface area (Å²) in [6, 6.07) is -1.13. The van der Waals surface area contributed by atoms with Crippen LogP contribution in [0.1, 0.15) is 0 Å². The van der Waals surface area contributed by atoms with Gasteiger partial charge in [0.25, 0.3) is 0 Å². The number of hydrogen-bond donors (Lipinski definition) is 3. The van der Waals surface area contributed by atoms with Gasteiger partial charge in [0, 0.05) is 0 Å². The predicted octanol–water partition coefficient (Wildman–Crippen LogP) is -1.61. The summed E-state index contributed by atoms with van der Waals surface area (Å²) in [5.41, 5.74) is 4.77. The van der Waals surface area contributed by atoms with Gasteiger partial charge in [0.15, 0.2) is 0 Å². The Kier molecular flexibility index (Phi) is 2.32. The fourth-order valence-corrected chi connectivity index (χ4v) is 0.0781. The molecule has 0 bridgehead atoms. The van der Waals surface area contributed by atoms with Crippen molar-refractivity contribution in [2.75, 3.05) is 6.61 Å². The van der Waals surface area contributed by atoms with E-state index in [-0.39, 0.29) is 0 Å². The first kappa shape index (κ1) is 6.39. The Hall–Kier alpha value is -0.610. The number of aliphatic carboxylic acids is 1. The minimum atomic E-state index is -1.18. The van der Waals surface area contributed by atoms with Crippen molar-refractivity contribution >= 4 is 5.97 Å². The zero-order valence-electron chi connectivity index (χ0n) is 3.66. The summed E-state index contributed by atoms with van der Waals surface area (Å²) in [7, 11) is 0. The van der Waals surface area contributed by atoms with Crippen molar-refractivity contribution in [3.8, 4) is 0 Å². The molecule has 1 atom stereocenters. The smallest absolute Gasteiger partial charge is 0.322 e. The lowest BCUT2D eigenvalue weighted by Gasteiger charge is -1.96. The van der Waals surface area contributed by atoms with Crippen LogP contribution in [0.4, 0.5) is 0 Å². The van der Waals surface area contributed by atoms with Crippen molar-refractivity contribution < 1.29 is 15.0 Å². The van der Waals surface area contributed by atoms with E-state index in [9.17, 15) is 4.79 Å². The highest BCUT2D eigenvalue weighted by molar-refractivity contribution is 5.73. The molecule has 0 rings (SSSR count). The van der Waals surface area contributed by atoms with E-state index >= 15 is 0 Å². The summed E-state index contributed by atoms with van der Waals surface area (Å²) in [6.45, 7) is -0.505. The van der Waals surface area contributed by atoms with E-state index in [1.807, 2.05) is 0 Å². The summed E-state index contributed by atoms with van der Waals surface area (Å²) in [4.78, 5) is 9.65. The molecule has 4 heteroatoms. The van der Waals surface area contributed by atoms with Gasteiger partial charge in [-0.1, -0.05) is 0 Å². The second-order valence-electron chi connectivity index (χ2n) is 1.13. The Labute approximate surface area is 40.6 Å². The number of aliphatic hydroxyl groups excluding tert-OH is 1. The van der Waals surface area contributed by atoms with Crippen molar-refractivity contribution in [3.05, 3.63) is 0 Å². The van der Waals surface area contributed by atoms with Crippen molar-refractivity contribution in [3.63, 3.8) is 0 Å². The summed E-state index contributed by atoms with van der Waals surface area (Å²) in [6.07, 6.45) is 0. The Morgan fingerprint density at radius 3 is 2.29 bits per heavy atom. The van der Waals surface area contributed by atoms with Crippen LogP contribution < -0.4 is 5.73 Å². The number of hydrogen-bond acceptors (Lipinski definition) is 3. The largest absolute Gasteiger partial charge is 0.480 e. The topological polar surface area (TPSA) is 83.5 Å². The molecule has 0 aromatic rings. The standard InChI is InChI=1S/C3H7NO3/c4-2(1-5)3(6)7/h2,5H,1,4H2,(H,6,7)/i4+1. The number of rotatable bonds is 2. The maximum atomic E-state index is 9.65. The number of carboxylic acid groups (broad SMARTS) is 1. The molecule has 0 fully saturated rings. The van der Waals surface area contributed by atoms with Crippen LogP contribution in [0.25, 0.3) is 0 Å². The summed E-state index contributed by atoms with van der Waals surface area (Å²) < 4.78 is 0. The molecule has 1 unspecified atom stereocenters. The van der Waals surface area contributed by atoms with Gasteiger partial charge in [0.1, 0.15) is 6.04 Å². The van der Waals surface area contributed by atoms with Crippen molar-refractivity contribution in [1.29, 1.82) is 0 Å². The molecular formula is C3H7NO3. The number of nitrogens with two attached hydrogens (primary N) is 1. The van der Waals surface area contributed by atoms with Gasteiger partial charge >= 0.3 is 5.97 Å². The third kappa shape index (κ3) is 2.13. The van der Waals surface area contributed by atoms with Crippen LogP contribution >= 0.6 is 0 Å². The van der Waals surface area contributed by atoms with Crippen LogP contribution in [0, 0.1) is 0 Å². The Bertz CT molecular complexity index is 72.6. The fraction of sp³-hybridized carbons (Fsp3) is 0.667. The van der Waals surface area contributed by atoms with Crippen LogP contribution in [0.15, 0.2) is 0 Å². The molecule has 4 nitrogen and oxygen atoms in total. The van der Waals surface area contributed by atoms with Crippen LogP contribution in [0.2, 0.25) is 0 Å². The average Bonchev–Trinajstić information content (AvgIpc) is 1.65. The molecule has 0 amide bonds. The number of carbonyl (C=O) groups is 1. The molecule has 42 valence electrons. The Morgan fingerprint density at radius 1 is 1.86 bits per heavy atom. The summed E-state index contributed by atoms with van der Waals surface area (Å²) >= 11 is 0. The molecule has 0 aliphatic carbocycles. The van der Waals surface area contributed by atoms with Gasteiger partial charge in [-0.25, -0.2) is 0 Å². The van der Waals surface area contributed by atoms with E-state index in [0.717, 1.165) is 0 Å². The second-order valence-corrected chi connectivity index (χ2v) is 1.13. The Morgan fingerprint density at radius 2 is 2.29 bits per heavy atom. The molecule has 0 spiro atoms. The van der Waals surface area contributed by atoms with E-state index in [4.69, 9.17) is 15.9 Å². The highest BCUT2D eigenvalue weighted by Gasteiger charge is 2.06. The van der Waals surface area contributed by atoms with E-state index in [1.54, 1.807) is 0 Å². The lowest BCUT2D eigenvalue weighted by molar-refractivity contribution is -0.139. The molecule has 0 aromatic carbocycles. The van der Waals surface area contributed by atoms with Gasteiger partial charge in [0.2, 0.25) is 0 Å². The van der Waals surface area contributed by atoms with Crippen molar-refractivity contribution in [1.82, 2.24) is 0 Å². The first-order valence-corrected chi connectivity index (χ1v) is 1.77. The van der Waals surface area contributed by atoms with Gasteiger partial charge < -0.3 is 15.9 Å². The van der Waals surface area contributed by atoms with Crippen molar-refractivity contribution in [2.24, 2.45) is 5.73 Å². The van der Waals surface area contributed by atoms with Gasteiger partial charge in [-0.15, -0.1) is 0 Å². The first-order chi connectivity index (χ1) is 3.18. The van der Waals surface area contributed by atoms with Gasteiger partial charge in [-0.05, 0) is 0 Å². The van der Waals surface area contributed by atoms with Gasteiger partial charge in [0.05, 0.1) is 6.61 Å². The molecule has 0 saturated heterocycles. The average molecular weight is 106 g/mol. The van der Waals surface area contributed by atoms with E-state index in [0.29, 0.717) is 0 Å². The molecule has 4 N–H and O–H groups in total. The maximum absolute atomic E-state index is 9.65. The third-order valence-electron chi connectivity index (χ3n) is 0.514. The molecule has 0 aliphatic rings.